The number of nitro groups is 1. The molecule has 0 fully saturated rings. The Labute approximate surface area is 76.1 Å². The molecule has 0 saturated heterocycles. The van der Waals surface area contributed by atoms with Crippen LogP contribution >= 0.6 is 0 Å². The molecule has 0 radical (unpaired) electrons. The summed E-state index contributed by atoms with van der Waals surface area (Å²) in [5, 5.41) is 10.3. The highest BCUT2D eigenvalue weighted by atomic mass is 16.6. The van der Waals surface area contributed by atoms with Gasteiger partial charge in [-0.3, -0.25) is 15.1 Å². The first-order valence-corrected chi connectivity index (χ1v) is 3.83. The summed E-state index contributed by atoms with van der Waals surface area (Å²) in [5.41, 5.74) is 1.88. The van der Waals surface area contributed by atoms with Crippen molar-refractivity contribution in [3.8, 4) is 0 Å². The van der Waals surface area contributed by atoms with Crippen LogP contribution in [0.1, 0.15) is 12.5 Å². The van der Waals surface area contributed by atoms with Crippen LogP contribution in [0.5, 0.6) is 0 Å². The highest BCUT2D eigenvalue weighted by molar-refractivity contribution is 5.98. The third-order valence-corrected chi connectivity index (χ3v) is 1.83. The van der Waals surface area contributed by atoms with Crippen LogP contribution in [0.3, 0.4) is 0 Å². The summed E-state index contributed by atoms with van der Waals surface area (Å²) in [6.07, 6.45) is 0. The number of non-ortho nitro benzene ring substituents is 1. The third-order valence-electron chi connectivity index (χ3n) is 1.83. The second-order valence-corrected chi connectivity index (χ2v) is 2.61. The maximum Gasteiger partial charge on any atom is 0.269 e. The Morgan fingerprint density at radius 1 is 1.38 bits per heavy atom. The van der Waals surface area contributed by atoms with Crippen molar-refractivity contribution < 1.29 is 4.92 Å². The first-order chi connectivity index (χ1) is 6.15. The summed E-state index contributed by atoms with van der Waals surface area (Å²) in [6.45, 7) is 1.86. The van der Waals surface area contributed by atoms with Crippen molar-refractivity contribution in [1.29, 1.82) is 0 Å². The van der Waals surface area contributed by atoms with Gasteiger partial charge >= 0.3 is 0 Å². The molecular formula is C9H10N2O2. The maximum absolute atomic E-state index is 10.3. The fourth-order valence-electron chi connectivity index (χ4n) is 0.953. The minimum atomic E-state index is -0.414. The highest BCUT2D eigenvalue weighted by Gasteiger charge is 2.04. The van der Waals surface area contributed by atoms with Crippen molar-refractivity contribution >= 4 is 11.4 Å². The van der Waals surface area contributed by atoms with E-state index in [0.717, 1.165) is 11.3 Å². The van der Waals surface area contributed by atoms with E-state index in [9.17, 15) is 10.1 Å². The molecule has 68 valence electrons. The lowest BCUT2D eigenvalue weighted by Gasteiger charge is -1.97. The van der Waals surface area contributed by atoms with Crippen molar-refractivity contribution in [3.05, 3.63) is 39.9 Å². The van der Waals surface area contributed by atoms with Gasteiger partial charge in [-0.15, -0.1) is 0 Å². The van der Waals surface area contributed by atoms with E-state index in [1.54, 1.807) is 19.2 Å². The lowest BCUT2D eigenvalue weighted by Crippen LogP contribution is -1.94. The number of aliphatic imine (C=N–C) groups is 1. The standard InChI is InChI=1S/C9H10N2O2/c1-7(10-2)8-3-5-9(6-4-8)11(12)13/h3-6H,1-2H3/b10-7-. The van der Waals surface area contributed by atoms with E-state index in [1.165, 1.54) is 12.1 Å². The summed E-state index contributed by atoms with van der Waals surface area (Å²) in [7, 11) is 1.69. The number of hydrogen-bond donors (Lipinski definition) is 0. The summed E-state index contributed by atoms with van der Waals surface area (Å²) < 4.78 is 0. The highest BCUT2D eigenvalue weighted by Crippen LogP contribution is 2.12. The fourth-order valence-corrected chi connectivity index (χ4v) is 0.953. The Balaban J connectivity index is 3.00. The van der Waals surface area contributed by atoms with Crippen LogP contribution in [0.15, 0.2) is 29.3 Å². The fraction of sp³-hybridized carbons (Fsp3) is 0.222. The topological polar surface area (TPSA) is 55.5 Å². The minimum absolute atomic E-state index is 0.104. The molecule has 0 unspecified atom stereocenters. The molecule has 0 aliphatic heterocycles. The van der Waals surface area contributed by atoms with Gasteiger partial charge in [-0.2, -0.15) is 0 Å². The zero-order chi connectivity index (χ0) is 9.84. The molecule has 0 atom stereocenters. The molecule has 4 heteroatoms. The molecule has 1 aromatic rings. The van der Waals surface area contributed by atoms with Crippen LogP contribution in [0.2, 0.25) is 0 Å². The number of nitro benzene ring substituents is 1. The Bertz CT molecular complexity index is 341. The molecule has 0 saturated carbocycles. The van der Waals surface area contributed by atoms with Crippen LogP contribution in [0.4, 0.5) is 5.69 Å². The smallest absolute Gasteiger partial charge is 0.269 e. The zero-order valence-electron chi connectivity index (χ0n) is 7.52. The number of rotatable bonds is 2. The van der Waals surface area contributed by atoms with Crippen LogP contribution in [0.25, 0.3) is 0 Å². The zero-order valence-corrected chi connectivity index (χ0v) is 7.52. The van der Waals surface area contributed by atoms with E-state index in [-0.39, 0.29) is 5.69 Å². The molecule has 1 rings (SSSR count). The van der Waals surface area contributed by atoms with Crippen LogP contribution in [-0.4, -0.2) is 17.7 Å². The summed E-state index contributed by atoms with van der Waals surface area (Å²) >= 11 is 0. The largest absolute Gasteiger partial charge is 0.293 e. The van der Waals surface area contributed by atoms with E-state index in [0.29, 0.717) is 0 Å². The molecule has 0 aliphatic rings. The molecule has 13 heavy (non-hydrogen) atoms. The first kappa shape index (κ1) is 9.38. The van der Waals surface area contributed by atoms with E-state index < -0.39 is 4.92 Å². The lowest BCUT2D eigenvalue weighted by molar-refractivity contribution is -0.384. The SMILES string of the molecule is C/N=C(/C)c1ccc([N+](=O)[O-])cc1. The van der Waals surface area contributed by atoms with Crippen LogP contribution in [0, 0.1) is 10.1 Å². The van der Waals surface area contributed by atoms with Gasteiger partial charge in [-0.05, 0) is 24.6 Å². The second-order valence-electron chi connectivity index (χ2n) is 2.61. The second kappa shape index (κ2) is 3.80. The van der Waals surface area contributed by atoms with Gasteiger partial charge in [0, 0.05) is 24.9 Å². The molecule has 0 bridgehead atoms. The van der Waals surface area contributed by atoms with Gasteiger partial charge in [0.05, 0.1) is 4.92 Å². The molecule has 0 spiro atoms. The van der Waals surface area contributed by atoms with Gasteiger partial charge in [0.2, 0.25) is 0 Å². The lowest BCUT2D eigenvalue weighted by atomic mass is 10.1. The summed E-state index contributed by atoms with van der Waals surface area (Å²) in [5.74, 6) is 0. The minimum Gasteiger partial charge on any atom is -0.293 e. The maximum atomic E-state index is 10.3. The van der Waals surface area contributed by atoms with Crippen LogP contribution in [-0.2, 0) is 0 Å². The summed E-state index contributed by atoms with van der Waals surface area (Å²) in [6, 6.07) is 6.34. The number of hydrogen-bond acceptors (Lipinski definition) is 3. The van der Waals surface area contributed by atoms with E-state index in [1.807, 2.05) is 6.92 Å². The predicted molar refractivity (Wildman–Crippen MR) is 51.2 cm³/mol. The van der Waals surface area contributed by atoms with Crippen molar-refractivity contribution in [2.45, 2.75) is 6.92 Å². The molecule has 1 aromatic carbocycles. The van der Waals surface area contributed by atoms with E-state index in [2.05, 4.69) is 4.99 Å². The Hall–Kier alpha value is -1.71. The Morgan fingerprint density at radius 3 is 2.31 bits per heavy atom. The van der Waals surface area contributed by atoms with Gasteiger partial charge < -0.3 is 0 Å². The Kier molecular flexibility index (Phi) is 2.74. The van der Waals surface area contributed by atoms with Crippen molar-refractivity contribution in [3.63, 3.8) is 0 Å². The van der Waals surface area contributed by atoms with Crippen molar-refractivity contribution in [1.82, 2.24) is 0 Å². The van der Waals surface area contributed by atoms with Gasteiger partial charge in [-0.1, -0.05) is 0 Å². The first-order valence-electron chi connectivity index (χ1n) is 3.83. The molecule has 0 heterocycles. The molecule has 0 amide bonds. The van der Waals surface area contributed by atoms with Gasteiger partial charge in [0.1, 0.15) is 0 Å². The molecular weight excluding hydrogens is 168 g/mol. The number of nitrogens with zero attached hydrogens (tertiary/aromatic N) is 2. The molecule has 0 aliphatic carbocycles. The normalized spacial score (nSPS) is 11.4. The average molecular weight is 178 g/mol. The van der Waals surface area contributed by atoms with Crippen molar-refractivity contribution in [2.75, 3.05) is 7.05 Å². The predicted octanol–water partition coefficient (Wildman–Crippen LogP) is 2.03. The molecule has 4 nitrogen and oxygen atoms in total. The van der Waals surface area contributed by atoms with Crippen molar-refractivity contribution in [2.24, 2.45) is 4.99 Å². The van der Waals surface area contributed by atoms with Crippen LogP contribution < -0.4 is 0 Å². The number of benzene rings is 1. The third kappa shape index (κ3) is 2.11. The van der Waals surface area contributed by atoms with E-state index >= 15 is 0 Å². The average Bonchev–Trinajstić information content (AvgIpc) is 2.17. The Morgan fingerprint density at radius 2 is 1.92 bits per heavy atom. The van der Waals surface area contributed by atoms with E-state index in [4.69, 9.17) is 0 Å². The molecule has 0 aromatic heterocycles. The monoisotopic (exact) mass is 178 g/mol. The van der Waals surface area contributed by atoms with Gasteiger partial charge in [0.25, 0.3) is 5.69 Å². The van der Waals surface area contributed by atoms with Gasteiger partial charge in [0.15, 0.2) is 0 Å². The van der Waals surface area contributed by atoms with Gasteiger partial charge in [-0.25, -0.2) is 0 Å². The summed E-state index contributed by atoms with van der Waals surface area (Å²) in [4.78, 5) is 13.9. The quantitative estimate of drug-likeness (QED) is 0.395. The molecule has 0 N–H and O–H groups in total.